The van der Waals surface area contributed by atoms with Crippen molar-refractivity contribution in [3.8, 4) is 5.75 Å². The Labute approximate surface area is 126 Å². The molecular formula is C14H15ClN2O2S. The smallest absolute Gasteiger partial charge is 0.249 e. The Bertz CT molecular complexity index is 613. The second kappa shape index (κ2) is 6.74. The van der Waals surface area contributed by atoms with Crippen molar-refractivity contribution in [2.45, 2.75) is 13.1 Å². The van der Waals surface area contributed by atoms with Crippen molar-refractivity contribution in [1.29, 1.82) is 0 Å². The predicted octanol–water partition coefficient (Wildman–Crippen LogP) is 2.80. The van der Waals surface area contributed by atoms with E-state index in [4.69, 9.17) is 22.1 Å². The molecule has 1 heterocycles. The second-order valence-corrected chi connectivity index (χ2v) is 5.59. The predicted molar refractivity (Wildman–Crippen MR) is 81.4 cm³/mol. The third kappa shape index (κ3) is 3.50. The van der Waals surface area contributed by atoms with Gasteiger partial charge in [0.15, 0.2) is 0 Å². The summed E-state index contributed by atoms with van der Waals surface area (Å²) in [6.45, 7) is 1.24. The zero-order valence-electron chi connectivity index (χ0n) is 11.0. The summed E-state index contributed by atoms with van der Waals surface area (Å²) < 4.78 is 5.28. The van der Waals surface area contributed by atoms with Crippen molar-refractivity contribution < 1.29 is 9.53 Å². The lowest BCUT2D eigenvalue weighted by molar-refractivity contribution is 0.100. The van der Waals surface area contributed by atoms with E-state index in [2.05, 4.69) is 5.32 Å². The van der Waals surface area contributed by atoms with Crippen LogP contribution in [0.25, 0.3) is 0 Å². The number of amides is 1. The van der Waals surface area contributed by atoms with Gasteiger partial charge in [0.1, 0.15) is 5.75 Å². The first-order chi connectivity index (χ1) is 9.61. The minimum atomic E-state index is -0.403. The fourth-order valence-electron chi connectivity index (χ4n) is 1.81. The van der Waals surface area contributed by atoms with Gasteiger partial charge in [-0.3, -0.25) is 4.79 Å². The molecule has 0 unspecified atom stereocenters. The number of methoxy groups -OCH3 is 1. The zero-order chi connectivity index (χ0) is 14.5. The standard InChI is InChI=1S/C14H15ClN2O2S/c1-19-13-4-2-3-12(15)11(13)7-17-6-10-5-9(8-20-10)14(16)18/h2-5,8,17H,6-7H2,1H3,(H2,16,18). The lowest BCUT2D eigenvalue weighted by atomic mass is 10.2. The maximum Gasteiger partial charge on any atom is 0.249 e. The molecule has 0 bridgehead atoms. The van der Waals surface area contributed by atoms with Gasteiger partial charge in [0, 0.05) is 33.9 Å². The average molecular weight is 311 g/mol. The highest BCUT2D eigenvalue weighted by Crippen LogP contribution is 2.26. The number of rotatable bonds is 6. The van der Waals surface area contributed by atoms with Crippen LogP contribution in [0.5, 0.6) is 5.75 Å². The van der Waals surface area contributed by atoms with E-state index in [0.717, 1.165) is 16.2 Å². The maximum atomic E-state index is 11.0. The van der Waals surface area contributed by atoms with Crippen molar-refractivity contribution in [2.24, 2.45) is 5.73 Å². The van der Waals surface area contributed by atoms with Crippen LogP contribution in [0.1, 0.15) is 20.8 Å². The molecule has 4 nitrogen and oxygen atoms in total. The molecule has 6 heteroatoms. The van der Waals surface area contributed by atoms with E-state index in [-0.39, 0.29) is 0 Å². The summed E-state index contributed by atoms with van der Waals surface area (Å²) in [5.41, 5.74) is 6.68. The number of hydrogen-bond donors (Lipinski definition) is 2. The van der Waals surface area contributed by atoms with Crippen LogP contribution >= 0.6 is 22.9 Å². The van der Waals surface area contributed by atoms with Crippen LogP contribution in [-0.4, -0.2) is 13.0 Å². The molecule has 0 aliphatic heterocycles. The van der Waals surface area contributed by atoms with E-state index in [1.54, 1.807) is 18.6 Å². The van der Waals surface area contributed by atoms with Crippen LogP contribution in [0.2, 0.25) is 5.02 Å². The Morgan fingerprint density at radius 3 is 2.90 bits per heavy atom. The minimum absolute atomic E-state index is 0.403. The molecule has 1 aromatic carbocycles. The van der Waals surface area contributed by atoms with Gasteiger partial charge >= 0.3 is 0 Å². The second-order valence-electron chi connectivity index (χ2n) is 4.19. The molecule has 0 spiro atoms. The number of carbonyl (C=O) groups excluding carboxylic acids is 1. The molecule has 0 aliphatic rings. The third-order valence-corrected chi connectivity index (χ3v) is 4.13. The topological polar surface area (TPSA) is 64.3 Å². The molecule has 0 radical (unpaired) electrons. The summed E-state index contributed by atoms with van der Waals surface area (Å²) in [6, 6.07) is 7.35. The van der Waals surface area contributed by atoms with Crippen molar-refractivity contribution in [3.63, 3.8) is 0 Å². The molecule has 0 aliphatic carbocycles. The monoisotopic (exact) mass is 310 g/mol. The Kier molecular flexibility index (Phi) is 5.00. The number of primary amides is 1. The van der Waals surface area contributed by atoms with Gasteiger partial charge in [-0.15, -0.1) is 11.3 Å². The Hall–Kier alpha value is -1.56. The molecule has 0 saturated carbocycles. The fraction of sp³-hybridized carbons (Fsp3) is 0.214. The summed E-state index contributed by atoms with van der Waals surface area (Å²) in [5, 5.41) is 5.71. The molecule has 20 heavy (non-hydrogen) atoms. The zero-order valence-corrected chi connectivity index (χ0v) is 12.6. The van der Waals surface area contributed by atoms with E-state index in [9.17, 15) is 4.79 Å². The van der Waals surface area contributed by atoms with Crippen molar-refractivity contribution in [2.75, 3.05) is 7.11 Å². The highest BCUT2D eigenvalue weighted by atomic mass is 35.5. The number of nitrogens with one attached hydrogen (secondary N) is 1. The first kappa shape index (κ1) is 14.8. The number of benzene rings is 1. The summed E-state index contributed by atoms with van der Waals surface area (Å²) in [5.74, 6) is 0.356. The summed E-state index contributed by atoms with van der Waals surface area (Å²) >= 11 is 7.66. The van der Waals surface area contributed by atoms with Gasteiger partial charge in [-0.2, -0.15) is 0 Å². The van der Waals surface area contributed by atoms with Crippen LogP contribution < -0.4 is 15.8 Å². The number of hydrogen-bond acceptors (Lipinski definition) is 4. The molecule has 3 N–H and O–H groups in total. The normalized spacial score (nSPS) is 10.5. The third-order valence-electron chi connectivity index (χ3n) is 2.84. The average Bonchev–Trinajstić information content (AvgIpc) is 2.89. The highest BCUT2D eigenvalue weighted by Gasteiger charge is 2.08. The fourth-order valence-corrected chi connectivity index (χ4v) is 2.89. The molecule has 1 aromatic heterocycles. The van der Waals surface area contributed by atoms with Crippen LogP contribution in [0.3, 0.4) is 0 Å². The summed E-state index contributed by atoms with van der Waals surface area (Å²) in [4.78, 5) is 12.1. The van der Waals surface area contributed by atoms with E-state index in [1.165, 1.54) is 11.3 Å². The molecule has 2 rings (SSSR count). The molecule has 2 aromatic rings. The Morgan fingerprint density at radius 1 is 1.45 bits per heavy atom. The maximum absolute atomic E-state index is 11.0. The minimum Gasteiger partial charge on any atom is -0.496 e. The lowest BCUT2D eigenvalue weighted by Gasteiger charge is -2.10. The van der Waals surface area contributed by atoms with Gasteiger partial charge in [0.05, 0.1) is 12.7 Å². The van der Waals surface area contributed by atoms with E-state index < -0.39 is 5.91 Å². The van der Waals surface area contributed by atoms with Gasteiger partial charge in [0.25, 0.3) is 0 Å². The van der Waals surface area contributed by atoms with Crippen LogP contribution in [-0.2, 0) is 13.1 Å². The Morgan fingerprint density at radius 2 is 2.25 bits per heavy atom. The van der Waals surface area contributed by atoms with E-state index >= 15 is 0 Å². The van der Waals surface area contributed by atoms with Crippen LogP contribution in [0.4, 0.5) is 0 Å². The molecular weight excluding hydrogens is 296 g/mol. The molecule has 0 saturated heterocycles. The number of ether oxygens (including phenoxy) is 1. The number of halogens is 1. The van der Waals surface area contributed by atoms with Gasteiger partial charge in [-0.25, -0.2) is 0 Å². The summed E-state index contributed by atoms with van der Waals surface area (Å²) in [6.07, 6.45) is 0. The quantitative estimate of drug-likeness (QED) is 0.862. The first-order valence-corrected chi connectivity index (χ1v) is 7.27. The number of thiophene rings is 1. The molecule has 0 atom stereocenters. The van der Waals surface area contributed by atoms with Gasteiger partial charge in [-0.05, 0) is 18.2 Å². The number of nitrogens with two attached hydrogens (primary N) is 1. The van der Waals surface area contributed by atoms with E-state index in [1.807, 2.05) is 18.2 Å². The van der Waals surface area contributed by atoms with Crippen molar-refractivity contribution >= 4 is 28.8 Å². The number of carbonyl (C=O) groups is 1. The van der Waals surface area contributed by atoms with E-state index in [0.29, 0.717) is 23.7 Å². The first-order valence-electron chi connectivity index (χ1n) is 6.01. The lowest BCUT2D eigenvalue weighted by Crippen LogP contribution is -2.13. The van der Waals surface area contributed by atoms with Gasteiger partial charge in [0.2, 0.25) is 5.91 Å². The van der Waals surface area contributed by atoms with Crippen LogP contribution in [0, 0.1) is 0 Å². The van der Waals surface area contributed by atoms with Crippen molar-refractivity contribution in [1.82, 2.24) is 5.32 Å². The SMILES string of the molecule is COc1cccc(Cl)c1CNCc1cc(C(N)=O)cs1. The molecule has 0 fully saturated rings. The highest BCUT2D eigenvalue weighted by molar-refractivity contribution is 7.10. The largest absolute Gasteiger partial charge is 0.496 e. The van der Waals surface area contributed by atoms with Gasteiger partial charge < -0.3 is 15.8 Å². The van der Waals surface area contributed by atoms with Crippen molar-refractivity contribution in [3.05, 3.63) is 50.7 Å². The van der Waals surface area contributed by atoms with Crippen LogP contribution in [0.15, 0.2) is 29.6 Å². The molecule has 1 amide bonds. The van der Waals surface area contributed by atoms with Gasteiger partial charge in [-0.1, -0.05) is 17.7 Å². The summed E-state index contributed by atoms with van der Waals surface area (Å²) in [7, 11) is 1.62. The Balaban J connectivity index is 1.97. The molecule has 106 valence electrons.